The summed E-state index contributed by atoms with van der Waals surface area (Å²) in [5.74, 6) is -0.887. The maximum Gasteiger partial charge on any atom is 0.511 e. The SMILES string of the molecule is CC(C)N1CCN(c2c(Cl)cc3c(=O)c(OC(=O)O)cn(C4CC4)c3c2F)CC1. The van der Waals surface area contributed by atoms with Crippen LogP contribution in [0.1, 0.15) is 32.7 Å². The highest BCUT2D eigenvalue weighted by atomic mass is 35.5. The third kappa shape index (κ3) is 3.67. The number of aromatic nitrogens is 1. The minimum Gasteiger partial charge on any atom is -0.449 e. The first-order chi connectivity index (χ1) is 13.8. The van der Waals surface area contributed by atoms with Crippen molar-refractivity contribution in [3.05, 3.63) is 33.3 Å². The van der Waals surface area contributed by atoms with Crippen molar-refractivity contribution < 1.29 is 19.0 Å². The largest absolute Gasteiger partial charge is 0.511 e. The van der Waals surface area contributed by atoms with Crippen LogP contribution in [0.4, 0.5) is 14.9 Å². The third-order valence-electron chi connectivity index (χ3n) is 5.65. The fourth-order valence-electron chi connectivity index (χ4n) is 3.97. The predicted molar refractivity (Wildman–Crippen MR) is 109 cm³/mol. The van der Waals surface area contributed by atoms with E-state index in [0.717, 1.165) is 25.9 Å². The van der Waals surface area contributed by atoms with Crippen LogP contribution >= 0.6 is 11.6 Å². The first-order valence-corrected chi connectivity index (χ1v) is 10.1. The molecule has 4 rings (SSSR count). The first-order valence-electron chi connectivity index (χ1n) is 9.74. The lowest BCUT2D eigenvalue weighted by molar-refractivity contribution is 0.143. The summed E-state index contributed by atoms with van der Waals surface area (Å²) >= 11 is 6.42. The van der Waals surface area contributed by atoms with Crippen molar-refractivity contribution >= 4 is 34.3 Å². The van der Waals surface area contributed by atoms with Gasteiger partial charge in [-0.05, 0) is 32.8 Å². The van der Waals surface area contributed by atoms with Gasteiger partial charge in [-0.1, -0.05) is 11.6 Å². The van der Waals surface area contributed by atoms with E-state index in [2.05, 4.69) is 23.5 Å². The number of fused-ring (bicyclic) bond motifs is 1. The second-order valence-corrected chi connectivity index (χ2v) is 8.27. The Morgan fingerprint density at radius 1 is 1.28 bits per heavy atom. The Kier molecular flexibility index (Phi) is 5.16. The second-order valence-electron chi connectivity index (χ2n) is 7.86. The van der Waals surface area contributed by atoms with Gasteiger partial charge in [0.2, 0.25) is 5.43 Å². The van der Waals surface area contributed by atoms with Crippen LogP contribution in [0.25, 0.3) is 10.9 Å². The number of hydrogen-bond acceptors (Lipinski definition) is 5. The average Bonchev–Trinajstić information content (AvgIpc) is 3.49. The van der Waals surface area contributed by atoms with Crippen LogP contribution in [-0.4, -0.2) is 52.9 Å². The Morgan fingerprint density at radius 2 is 1.93 bits per heavy atom. The van der Waals surface area contributed by atoms with Crippen molar-refractivity contribution in [3.63, 3.8) is 0 Å². The number of benzene rings is 1. The van der Waals surface area contributed by atoms with Gasteiger partial charge in [0.05, 0.1) is 27.8 Å². The normalized spacial score (nSPS) is 17.9. The number of carboxylic acid groups (broad SMARTS) is 1. The van der Waals surface area contributed by atoms with Gasteiger partial charge in [-0.25, -0.2) is 9.18 Å². The molecule has 0 atom stereocenters. The van der Waals surface area contributed by atoms with Gasteiger partial charge in [0.15, 0.2) is 11.6 Å². The van der Waals surface area contributed by atoms with E-state index in [-0.39, 0.29) is 27.7 Å². The maximum absolute atomic E-state index is 15.7. The minimum absolute atomic E-state index is 0.00978. The summed E-state index contributed by atoms with van der Waals surface area (Å²) in [6.07, 6.45) is 1.37. The highest BCUT2D eigenvalue weighted by Gasteiger charge is 2.31. The Labute approximate surface area is 172 Å². The summed E-state index contributed by atoms with van der Waals surface area (Å²) < 4.78 is 22.0. The molecule has 7 nitrogen and oxygen atoms in total. The molecule has 156 valence electrons. The van der Waals surface area contributed by atoms with Crippen molar-refractivity contribution in [2.45, 2.75) is 38.8 Å². The topological polar surface area (TPSA) is 75.0 Å². The number of ether oxygens (including phenoxy) is 1. The molecule has 0 bridgehead atoms. The summed E-state index contributed by atoms with van der Waals surface area (Å²) in [7, 11) is 0. The van der Waals surface area contributed by atoms with E-state index in [4.69, 9.17) is 16.7 Å². The highest BCUT2D eigenvalue weighted by molar-refractivity contribution is 6.34. The van der Waals surface area contributed by atoms with Crippen LogP contribution in [0.15, 0.2) is 17.1 Å². The zero-order valence-corrected chi connectivity index (χ0v) is 17.1. The van der Waals surface area contributed by atoms with E-state index in [1.807, 2.05) is 4.90 Å². The Balaban J connectivity index is 1.83. The number of hydrogen-bond donors (Lipinski definition) is 1. The smallest absolute Gasteiger partial charge is 0.449 e. The fraction of sp³-hybridized carbons (Fsp3) is 0.500. The molecule has 1 saturated heterocycles. The number of piperazine rings is 1. The zero-order chi connectivity index (χ0) is 20.9. The van der Waals surface area contributed by atoms with Gasteiger partial charge in [-0.15, -0.1) is 0 Å². The number of nitrogens with zero attached hydrogens (tertiary/aromatic N) is 3. The minimum atomic E-state index is -1.59. The molecule has 1 aromatic carbocycles. The van der Waals surface area contributed by atoms with Crippen molar-refractivity contribution in [1.82, 2.24) is 9.47 Å². The van der Waals surface area contributed by atoms with Crippen LogP contribution in [0, 0.1) is 5.82 Å². The number of pyridine rings is 1. The molecule has 0 amide bonds. The molecule has 0 unspecified atom stereocenters. The van der Waals surface area contributed by atoms with E-state index in [1.54, 1.807) is 4.57 Å². The molecule has 9 heteroatoms. The van der Waals surface area contributed by atoms with Gasteiger partial charge in [0, 0.05) is 38.3 Å². The molecule has 1 aliphatic carbocycles. The Bertz CT molecular complexity index is 1030. The van der Waals surface area contributed by atoms with Gasteiger partial charge < -0.3 is 19.3 Å². The molecule has 1 saturated carbocycles. The molecule has 1 aromatic heterocycles. The van der Waals surface area contributed by atoms with Crippen LogP contribution in [0.2, 0.25) is 5.02 Å². The lowest BCUT2D eigenvalue weighted by Crippen LogP contribution is -2.49. The second kappa shape index (κ2) is 7.50. The van der Waals surface area contributed by atoms with E-state index >= 15 is 4.39 Å². The van der Waals surface area contributed by atoms with E-state index in [1.165, 1.54) is 12.3 Å². The number of rotatable bonds is 4. The molecule has 2 aliphatic rings. The fourth-order valence-corrected chi connectivity index (χ4v) is 4.28. The van der Waals surface area contributed by atoms with E-state index in [0.29, 0.717) is 24.8 Å². The number of halogens is 2. The summed E-state index contributed by atoms with van der Waals surface area (Å²) in [6.45, 7) is 7.12. The summed E-state index contributed by atoms with van der Waals surface area (Å²) in [5.41, 5.74) is -0.236. The lowest BCUT2D eigenvalue weighted by Gasteiger charge is -2.38. The van der Waals surface area contributed by atoms with Crippen molar-refractivity contribution in [2.24, 2.45) is 0 Å². The van der Waals surface area contributed by atoms with Gasteiger partial charge in [0.1, 0.15) is 0 Å². The molecule has 0 radical (unpaired) electrons. The zero-order valence-electron chi connectivity index (χ0n) is 16.3. The van der Waals surface area contributed by atoms with Crippen molar-refractivity contribution in [3.8, 4) is 5.75 Å². The van der Waals surface area contributed by atoms with Crippen LogP contribution < -0.4 is 15.1 Å². The first kappa shape index (κ1) is 20.0. The van der Waals surface area contributed by atoms with Gasteiger partial charge in [0.25, 0.3) is 0 Å². The van der Waals surface area contributed by atoms with Crippen LogP contribution in [0.3, 0.4) is 0 Å². The van der Waals surface area contributed by atoms with Gasteiger partial charge in [-0.2, -0.15) is 0 Å². The number of carbonyl (C=O) groups is 1. The maximum atomic E-state index is 15.7. The molecule has 1 aliphatic heterocycles. The highest BCUT2D eigenvalue weighted by Crippen LogP contribution is 2.41. The third-order valence-corrected chi connectivity index (χ3v) is 5.94. The molecular formula is C20H23ClFN3O4. The molecule has 0 spiro atoms. The molecular weight excluding hydrogens is 401 g/mol. The molecule has 2 aromatic rings. The summed E-state index contributed by atoms with van der Waals surface area (Å²) in [5, 5.41) is 9.08. The van der Waals surface area contributed by atoms with Crippen molar-refractivity contribution in [2.75, 3.05) is 31.1 Å². The average molecular weight is 424 g/mol. The lowest BCUT2D eigenvalue weighted by atomic mass is 10.1. The van der Waals surface area contributed by atoms with Crippen molar-refractivity contribution in [1.29, 1.82) is 0 Å². The standard InChI is InChI=1S/C20H23ClFN3O4/c1-11(2)23-5-7-24(8-6-23)18-14(21)9-13-17(16(18)22)25(12-3-4-12)10-15(19(13)26)29-20(27)28/h9-12H,3-8H2,1-2H3,(H,27,28). The molecule has 2 fully saturated rings. The van der Waals surface area contributed by atoms with Gasteiger partial charge in [-0.3, -0.25) is 9.69 Å². The summed E-state index contributed by atoms with van der Waals surface area (Å²) in [6, 6.07) is 1.86. The quantitative estimate of drug-likeness (QED) is 0.755. The Hall–Kier alpha value is -2.32. The monoisotopic (exact) mass is 423 g/mol. The van der Waals surface area contributed by atoms with Crippen LogP contribution in [0.5, 0.6) is 5.75 Å². The van der Waals surface area contributed by atoms with E-state index in [9.17, 15) is 9.59 Å². The molecule has 1 N–H and O–H groups in total. The Morgan fingerprint density at radius 3 is 2.48 bits per heavy atom. The van der Waals surface area contributed by atoms with Gasteiger partial charge >= 0.3 is 6.16 Å². The molecule has 2 heterocycles. The van der Waals surface area contributed by atoms with E-state index < -0.39 is 17.4 Å². The summed E-state index contributed by atoms with van der Waals surface area (Å²) in [4.78, 5) is 27.9. The number of anilines is 1. The predicted octanol–water partition coefficient (Wildman–Crippen LogP) is 3.72. The molecule has 29 heavy (non-hydrogen) atoms. The van der Waals surface area contributed by atoms with Crippen LogP contribution in [-0.2, 0) is 0 Å².